The Balaban J connectivity index is 1.77. The largest absolute Gasteiger partial charge is 0.468 e. The highest BCUT2D eigenvalue weighted by Gasteiger charge is 2.07. The van der Waals surface area contributed by atoms with Crippen molar-refractivity contribution in [3.8, 4) is 0 Å². The van der Waals surface area contributed by atoms with Gasteiger partial charge in [-0.15, -0.1) is 0 Å². The third-order valence-electron chi connectivity index (χ3n) is 3.53. The van der Waals surface area contributed by atoms with Crippen LogP contribution in [0, 0.1) is 0 Å². The molecule has 0 bridgehead atoms. The van der Waals surface area contributed by atoms with E-state index in [4.69, 9.17) is 4.42 Å². The summed E-state index contributed by atoms with van der Waals surface area (Å²) in [4.78, 5) is 0. The molecule has 0 atom stereocenters. The summed E-state index contributed by atoms with van der Waals surface area (Å²) < 4.78 is 7.68. The van der Waals surface area contributed by atoms with Crippen LogP contribution in [0.1, 0.15) is 24.7 Å². The fourth-order valence-corrected chi connectivity index (χ4v) is 2.62. The maximum atomic E-state index is 5.33. The zero-order valence-corrected chi connectivity index (χ0v) is 11.8. The van der Waals surface area contributed by atoms with Crippen molar-refractivity contribution in [3.63, 3.8) is 0 Å². The summed E-state index contributed by atoms with van der Waals surface area (Å²) in [6, 6.07) is 12.5. The Labute approximate surface area is 119 Å². The number of aryl methyl sites for hydroxylation is 1. The van der Waals surface area contributed by atoms with Crippen molar-refractivity contribution in [2.24, 2.45) is 0 Å². The predicted octanol–water partition coefficient (Wildman–Crippen LogP) is 3.93. The molecular weight excluding hydrogens is 248 g/mol. The first-order valence-electron chi connectivity index (χ1n) is 7.18. The molecule has 3 rings (SSSR count). The van der Waals surface area contributed by atoms with E-state index < -0.39 is 0 Å². The highest BCUT2D eigenvalue weighted by atomic mass is 16.3. The smallest absolute Gasteiger partial charge is 0.117 e. The number of fused-ring (bicyclic) bond motifs is 1. The lowest BCUT2D eigenvalue weighted by atomic mass is 10.2. The average molecular weight is 268 g/mol. The minimum absolute atomic E-state index is 0.764. The lowest BCUT2D eigenvalue weighted by molar-refractivity contribution is 0.483. The molecule has 20 heavy (non-hydrogen) atoms. The molecule has 0 aliphatic heterocycles. The quantitative estimate of drug-likeness (QED) is 0.734. The highest BCUT2D eigenvalue weighted by Crippen LogP contribution is 2.21. The Morgan fingerprint density at radius 1 is 1.10 bits per heavy atom. The molecule has 0 radical (unpaired) electrons. The SMILES string of the molecule is CCCn1cc(CNCc2ccco2)c2ccccc21. The van der Waals surface area contributed by atoms with Crippen LogP contribution in [0.2, 0.25) is 0 Å². The molecule has 3 nitrogen and oxygen atoms in total. The molecule has 3 aromatic rings. The molecule has 0 aliphatic carbocycles. The summed E-state index contributed by atoms with van der Waals surface area (Å²) in [6.07, 6.45) is 5.13. The van der Waals surface area contributed by atoms with E-state index in [9.17, 15) is 0 Å². The van der Waals surface area contributed by atoms with E-state index in [-0.39, 0.29) is 0 Å². The Morgan fingerprint density at radius 3 is 2.80 bits per heavy atom. The van der Waals surface area contributed by atoms with E-state index in [0.29, 0.717) is 0 Å². The van der Waals surface area contributed by atoms with Gasteiger partial charge in [-0.2, -0.15) is 0 Å². The minimum atomic E-state index is 0.764. The molecule has 2 aromatic heterocycles. The third kappa shape index (κ3) is 2.63. The maximum absolute atomic E-state index is 5.33. The van der Waals surface area contributed by atoms with Gasteiger partial charge in [-0.25, -0.2) is 0 Å². The fraction of sp³-hybridized carbons (Fsp3) is 0.294. The van der Waals surface area contributed by atoms with Crippen molar-refractivity contribution < 1.29 is 4.42 Å². The summed E-state index contributed by atoms with van der Waals surface area (Å²) in [5.41, 5.74) is 2.67. The lowest BCUT2D eigenvalue weighted by Crippen LogP contribution is -2.11. The van der Waals surface area contributed by atoms with Crippen molar-refractivity contribution in [3.05, 3.63) is 60.2 Å². The van der Waals surface area contributed by atoms with E-state index in [0.717, 1.165) is 31.8 Å². The predicted molar refractivity (Wildman–Crippen MR) is 81.5 cm³/mol. The average Bonchev–Trinajstić information content (AvgIpc) is 3.09. The monoisotopic (exact) mass is 268 g/mol. The summed E-state index contributed by atoms with van der Waals surface area (Å²) >= 11 is 0. The number of para-hydroxylation sites is 1. The van der Waals surface area contributed by atoms with Crippen LogP contribution < -0.4 is 5.32 Å². The van der Waals surface area contributed by atoms with Crippen LogP contribution in [0.3, 0.4) is 0 Å². The standard InChI is InChI=1S/C17H20N2O/c1-2-9-19-13-14(16-7-3-4-8-17(16)19)11-18-12-15-6-5-10-20-15/h3-8,10,13,18H,2,9,11-12H2,1H3. The topological polar surface area (TPSA) is 30.1 Å². The normalized spacial score (nSPS) is 11.2. The fourth-order valence-electron chi connectivity index (χ4n) is 2.62. The second-order valence-corrected chi connectivity index (χ2v) is 5.05. The molecule has 0 unspecified atom stereocenters. The van der Waals surface area contributed by atoms with Gasteiger partial charge >= 0.3 is 0 Å². The number of hydrogen-bond donors (Lipinski definition) is 1. The van der Waals surface area contributed by atoms with Crippen LogP contribution in [0.25, 0.3) is 10.9 Å². The van der Waals surface area contributed by atoms with Crippen LogP contribution in [0.15, 0.2) is 53.3 Å². The second kappa shape index (κ2) is 5.97. The molecule has 2 heterocycles. The molecule has 1 aromatic carbocycles. The molecule has 104 valence electrons. The van der Waals surface area contributed by atoms with Crippen LogP contribution in [-0.2, 0) is 19.6 Å². The van der Waals surface area contributed by atoms with E-state index in [1.165, 1.54) is 16.5 Å². The first-order valence-corrected chi connectivity index (χ1v) is 7.18. The Bertz CT molecular complexity index is 667. The van der Waals surface area contributed by atoms with Crippen LogP contribution in [0.5, 0.6) is 0 Å². The lowest BCUT2D eigenvalue weighted by Gasteiger charge is -2.01. The first kappa shape index (κ1) is 13.0. The Hall–Kier alpha value is -2.00. The van der Waals surface area contributed by atoms with Crippen LogP contribution >= 0.6 is 0 Å². The summed E-state index contributed by atoms with van der Waals surface area (Å²) in [6.45, 7) is 4.90. The van der Waals surface area contributed by atoms with Crippen molar-refractivity contribution >= 4 is 10.9 Å². The third-order valence-corrected chi connectivity index (χ3v) is 3.53. The summed E-state index contributed by atoms with van der Waals surface area (Å²) in [5, 5.41) is 4.79. The van der Waals surface area contributed by atoms with E-state index in [2.05, 4.69) is 47.3 Å². The van der Waals surface area contributed by atoms with E-state index in [1.54, 1.807) is 6.26 Å². The molecular formula is C17H20N2O. The van der Waals surface area contributed by atoms with Gasteiger partial charge in [0.25, 0.3) is 0 Å². The number of aromatic nitrogens is 1. The van der Waals surface area contributed by atoms with Crippen molar-refractivity contribution in [2.45, 2.75) is 33.0 Å². The number of furan rings is 1. The minimum Gasteiger partial charge on any atom is -0.468 e. The second-order valence-electron chi connectivity index (χ2n) is 5.05. The van der Waals surface area contributed by atoms with Gasteiger partial charge in [0.15, 0.2) is 0 Å². The van der Waals surface area contributed by atoms with Gasteiger partial charge in [0.05, 0.1) is 12.8 Å². The van der Waals surface area contributed by atoms with Gasteiger partial charge in [0, 0.05) is 30.2 Å². The van der Waals surface area contributed by atoms with Gasteiger partial charge in [0.1, 0.15) is 5.76 Å². The number of nitrogens with zero attached hydrogens (tertiary/aromatic N) is 1. The van der Waals surface area contributed by atoms with Gasteiger partial charge in [-0.05, 0) is 30.2 Å². The molecule has 0 saturated heterocycles. The van der Waals surface area contributed by atoms with Crippen molar-refractivity contribution in [1.29, 1.82) is 0 Å². The summed E-state index contributed by atoms with van der Waals surface area (Å²) in [5.74, 6) is 0.974. The van der Waals surface area contributed by atoms with Crippen LogP contribution in [-0.4, -0.2) is 4.57 Å². The molecule has 1 N–H and O–H groups in total. The number of hydrogen-bond acceptors (Lipinski definition) is 2. The molecule has 0 aliphatic rings. The van der Waals surface area contributed by atoms with Gasteiger partial charge < -0.3 is 14.3 Å². The number of benzene rings is 1. The summed E-state index contributed by atoms with van der Waals surface area (Å²) in [7, 11) is 0. The van der Waals surface area contributed by atoms with E-state index in [1.807, 2.05) is 12.1 Å². The number of nitrogens with one attached hydrogen (secondary N) is 1. The van der Waals surface area contributed by atoms with E-state index >= 15 is 0 Å². The maximum Gasteiger partial charge on any atom is 0.117 e. The number of rotatable bonds is 6. The van der Waals surface area contributed by atoms with Crippen molar-refractivity contribution in [2.75, 3.05) is 0 Å². The molecule has 0 spiro atoms. The highest BCUT2D eigenvalue weighted by molar-refractivity contribution is 5.83. The van der Waals surface area contributed by atoms with Gasteiger partial charge in [0.2, 0.25) is 0 Å². The molecule has 0 saturated carbocycles. The zero-order chi connectivity index (χ0) is 13.8. The van der Waals surface area contributed by atoms with Gasteiger partial charge in [-0.1, -0.05) is 25.1 Å². The molecule has 0 fully saturated rings. The molecule has 0 amide bonds. The Kier molecular flexibility index (Phi) is 3.88. The van der Waals surface area contributed by atoms with Crippen LogP contribution in [0.4, 0.5) is 0 Å². The zero-order valence-electron chi connectivity index (χ0n) is 11.8. The van der Waals surface area contributed by atoms with Crippen molar-refractivity contribution in [1.82, 2.24) is 9.88 Å². The molecule has 3 heteroatoms. The van der Waals surface area contributed by atoms with Gasteiger partial charge in [-0.3, -0.25) is 0 Å². The Morgan fingerprint density at radius 2 is 2.00 bits per heavy atom. The first-order chi connectivity index (χ1) is 9.88.